The van der Waals surface area contributed by atoms with Crippen LogP contribution in [0, 0.1) is 6.92 Å². The number of nitrogens with zero attached hydrogens (tertiary/aromatic N) is 2. The van der Waals surface area contributed by atoms with Gasteiger partial charge in [-0.1, -0.05) is 0 Å². The molecule has 1 amide bonds. The van der Waals surface area contributed by atoms with Crippen LogP contribution < -0.4 is 11.0 Å². The van der Waals surface area contributed by atoms with Crippen molar-refractivity contribution >= 4 is 6.09 Å². The lowest BCUT2D eigenvalue weighted by Crippen LogP contribution is -2.49. The van der Waals surface area contributed by atoms with Crippen LogP contribution in [0.2, 0.25) is 0 Å². The standard InChI is InChI=1S/C16H25N3O4/c1-10-8-17-14(21)19(9-10)13-7-11(20)5-6-12(13)18-15(22)23-16(2,3)4/h8-9,11-13,20H,5-7H2,1-4H3,(H,18,22). The number of aromatic nitrogens is 2. The number of carbonyl (C=O) groups excluding carboxylic acids is 1. The van der Waals surface area contributed by atoms with Gasteiger partial charge < -0.3 is 15.2 Å². The molecule has 0 aliphatic heterocycles. The molecular formula is C16H25N3O4. The number of aryl methyl sites for hydroxylation is 1. The largest absolute Gasteiger partial charge is 0.444 e. The van der Waals surface area contributed by atoms with E-state index in [0.29, 0.717) is 19.3 Å². The summed E-state index contributed by atoms with van der Waals surface area (Å²) in [6.45, 7) is 7.23. The number of aliphatic hydroxyl groups excluding tert-OH is 1. The summed E-state index contributed by atoms with van der Waals surface area (Å²) < 4.78 is 6.79. The molecule has 1 aliphatic rings. The van der Waals surface area contributed by atoms with Gasteiger partial charge in [0, 0.05) is 12.4 Å². The monoisotopic (exact) mass is 323 g/mol. The van der Waals surface area contributed by atoms with Crippen LogP contribution in [-0.4, -0.2) is 38.5 Å². The van der Waals surface area contributed by atoms with E-state index in [9.17, 15) is 14.7 Å². The summed E-state index contributed by atoms with van der Waals surface area (Å²) in [5.41, 5.74) is -0.124. The van der Waals surface area contributed by atoms with Crippen molar-refractivity contribution in [1.82, 2.24) is 14.9 Å². The average molecular weight is 323 g/mol. The molecule has 7 nitrogen and oxygen atoms in total. The van der Waals surface area contributed by atoms with E-state index in [2.05, 4.69) is 10.3 Å². The molecule has 0 bridgehead atoms. The molecule has 7 heteroatoms. The molecule has 3 unspecified atom stereocenters. The zero-order valence-electron chi connectivity index (χ0n) is 14.1. The second-order valence-corrected chi connectivity index (χ2v) is 7.11. The Morgan fingerprint density at radius 3 is 2.78 bits per heavy atom. The van der Waals surface area contributed by atoms with E-state index < -0.39 is 17.8 Å². The predicted octanol–water partition coefficient (Wildman–Crippen LogP) is 1.53. The summed E-state index contributed by atoms with van der Waals surface area (Å²) in [5.74, 6) is 0. The topological polar surface area (TPSA) is 93.5 Å². The summed E-state index contributed by atoms with van der Waals surface area (Å²) in [6.07, 6.45) is 3.75. The van der Waals surface area contributed by atoms with Crippen molar-refractivity contribution in [1.29, 1.82) is 0 Å². The van der Waals surface area contributed by atoms with Gasteiger partial charge in [-0.3, -0.25) is 4.57 Å². The van der Waals surface area contributed by atoms with Crippen molar-refractivity contribution in [3.63, 3.8) is 0 Å². The minimum absolute atomic E-state index is 0.283. The summed E-state index contributed by atoms with van der Waals surface area (Å²) in [6, 6.07) is -0.624. The van der Waals surface area contributed by atoms with Crippen LogP contribution in [0.3, 0.4) is 0 Å². The van der Waals surface area contributed by atoms with Crippen molar-refractivity contribution in [3.05, 3.63) is 28.4 Å². The first-order valence-corrected chi connectivity index (χ1v) is 7.88. The third kappa shape index (κ3) is 4.79. The van der Waals surface area contributed by atoms with E-state index in [0.717, 1.165) is 5.56 Å². The fraction of sp³-hybridized carbons (Fsp3) is 0.688. The number of hydrogen-bond donors (Lipinski definition) is 2. The highest BCUT2D eigenvalue weighted by atomic mass is 16.6. The van der Waals surface area contributed by atoms with E-state index in [1.165, 1.54) is 10.8 Å². The number of rotatable bonds is 2. The van der Waals surface area contributed by atoms with Crippen LogP contribution in [0.15, 0.2) is 17.2 Å². The molecule has 1 heterocycles. The lowest BCUT2D eigenvalue weighted by molar-refractivity contribution is 0.0393. The van der Waals surface area contributed by atoms with E-state index in [1.54, 1.807) is 27.0 Å². The van der Waals surface area contributed by atoms with Crippen molar-refractivity contribution in [2.45, 2.75) is 70.7 Å². The van der Waals surface area contributed by atoms with Gasteiger partial charge in [0.2, 0.25) is 0 Å². The molecule has 0 saturated heterocycles. The maximum absolute atomic E-state index is 12.1. The zero-order chi connectivity index (χ0) is 17.2. The Bertz CT molecular complexity index is 620. The Morgan fingerprint density at radius 1 is 1.43 bits per heavy atom. The van der Waals surface area contributed by atoms with Gasteiger partial charge in [0.1, 0.15) is 5.60 Å². The number of nitrogens with one attached hydrogen (secondary N) is 1. The summed E-state index contributed by atoms with van der Waals surface area (Å²) in [5, 5.41) is 12.8. The van der Waals surface area contributed by atoms with Gasteiger partial charge in [0.25, 0.3) is 0 Å². The highest BCUT2D eigenvalue weighted by molar-refractivity contribution is 5.68. The summed E-state index contributed by atoms with van der Waals surface area (Å²) in [7, 11) is 0. The Balaban J connectivity index is 2.21. The number of hydrogen-bond acceptors (Lipinski definition) is 5. The predicted molar refractivity (Wildman–Crippen MR) is 85.3 cm³/mol. The van der Waals surface area contributed by atoms with Crippen LogP contribution >= 0.6 is 0 Å². The number of alkyl carbamates (subject to hydrolysis) is 1. The van der Waals surface area contributed by atoms with Gasteiger partial charge in [-0.25, -0.2) is 14.6 Å². The SMILES string of the molecule is Cc1cnc(=O)n(C2CC(O)CCC2NC(=O)OC(C)(C)C)c1. The molecule has 3 atom stereocenters. The van der Waals surface area contributed by atoms with Gasteiger partial charge in [0.15, 0.2) is 0 Å². The van der Waals surface area contributed by atoms with Gasteiger partial charge >= 0.3 is 11.8 Å². The first-order valence-electron chi connectivity index (χ1n) is 7.88. The molecule has 128 valence electrons. The van der Waals surface area contributed by atoms with Crippen LogP contribution in [0.4, 0.5) is 4.79 Å². The van der Waals surface area contributed by atoms with Crippen molar-refractivity contribution in [3.8, 4) is 0 Å². The highest BCUT2D eigenvalue weighted by Gasteiger charge is 2.33. The average Bonchev–Trinajstić information content (AvgIpc) is 2.41. The lowest BCUT2D eigenvalue weighted by atomic mass is 9.88. The second kappa shape index (κ2) is 6.70. The number of carbonyl (C=O) groups is 1. The number of amides is 1. The van der Waals surface area contributed by atoms with Gasteiger partial charge in [-0.2, -0.15) is 0 Å². The quantitative estimate of drug-likeness (QED) is 0.861. The fourth-order valence-electron chi connectivity index (χ4n) is 2.83. The molecule has 0 spiro atoms. The maximum Gasteiger partial charge on any atom is 0.407 e. The van der Waals surface area contributed by atoms with Crippen LogP contribution in [0.5, 0.6) is 0 Å². The van der Waals surface area contributed by atoms with Crippen molar-refractivity contribution in [2.75, 3.05) is 0 Å². The maximum atomic E-state index is 12.1. The Hall–Kier alpha value is -1.89. The fourth-order valence-corrected chi connectivity index (χ4v) is 2.83. The third-order valence-corrected chi connectivity index (χ3v) is 3.79. The molecule has 0 radical (unpaired) electrons. The van der Waals surface area contributed by atoms with E-state index in [4.69, 9.17) is 4.74 Å². The minimum Gasteiger partial charge on any atom is -0.444 e. The second-order valence-electron chi connectivity index (χ2n) is 7.11. The molecule has 1 aromatic rings. The smallest absolute Gasteiger partial charge is 0.407 e. The number of ether oxygens (including phenoxy) is 1. The van der Waals surface area contributed by atoms with E-state index in [-0.39, 0.29) is 17.8 Å². The molecule has 23 heavy (non-hydrogen) atoms. The van der Waals surface area contributed by atoms with Crippen molar-refractivity contribution < 1.29 is 14.6 Å². The normalized spacial score (nSPS) is 25.0. The van der Waals surface area contributed by atoms with Crippen molar-refractivity contribution in [2.24, 2.45) is 0 Å². The molecular weight excluding hydrogens is 298 g/mol. The molecule has 2 rings (SSSR count). The van der Waals surface area contributed by atoms with Gasteiger partial charge in [0.05, 0.1) is 18.2 Å². The molecule has 1 aliphatic carbocycles. The van der Waals surface area contributed by atoms with Gasteiger partial charge in [-0.15, -0.1) is 0 Å². The lowest BCUT2D eigenvalue weighted by Gasteiger charge is -2.36. The zero-order valence-corrected chi connectivity index (χ0v) is 14.1. The molecule has 1 aromatic heterocycles. The number of aliphatic hydroxyl groups is 1. The summed E-state index contributed by atoms with van der Waals surface area (Å²) in [4.78, 5) is 27.9. The summed E-state index contributed by atoms with van der Waals surface area (Å²) >= 11 is 0. The molecule has 0 aromatic carbocycles. The van der Waals surface area contributed by atoms with Gasteiger partial charge in [-0.05, 0) is 52.5 Å². The Labute approximate surface area is 135 Å². The van der Waals surface area contributed by atoms with Crippen LogP contribution in [0.1, 0.15) is 51.6 Å². The highest BCUT2D eigenvalue weighted by Crippen LogP contribution is 2.28. The third-order valence-electron chi connectivity index (χ3n) is 3.79. The van der Waals surface area contributed by atoms with Crippen LogP contribution in [0.25, 0.3) is 0 Å². The Morgan fingerprint density at radius 2 is 2.13 bits per heavy atom. The van der Waals surface area contributed by atoms with E-state index >= 15 is 0 Å². The first-order chi connectivity index (χ1) is 10.7. The molecule has 1 saturated carbocycles. The van der Waals surface area contributed by atoms with Crippen LogP contribution in [-0.2, 0) is 4.74 Å². The molecule has 2 N–H and O–H groups in total. The molecule has 1 fully saturated rings. The van der Waals surface area contributed by atoms with E-state index in [1.807, 2.05) is 6.92 Å². The first kappa shape index (κ1) is 17.5. The Kier molecular flexibility index (Phi) is 5.09. The minimum atomic E-state index is -0.588.